The molecule has 1 aromatic heterocycles. The summed E-state index contributed by atoms with van der Waals surface area (Å²) in [6, 6.07) is 11.5. The van der Waals surface area contributed by atoms with Gasteiger partial charge in [-0.25, -0.2) is 5.10 Å². The number of nitrogens with one attached hydrogen (secondary N) is 1. The number of aromatic amines is 1. The lowest BCUT2D eigenvalue weighted by Crippen LogP contribution is -2.04. The molecule has 0 aliphatic carbocycles. The SMILES string of the molecule is COc1cc(/C=N\n2c(-c3cccc(Cl)c3)n[nH]c2=S)ccc1OC(F)F. The Labute approximate surface area is 163 Å². The molecule has 0 spiro atoms. The van der Waals surface area contributed by atoms with E-state index in [-0.39, 0.29) is 16.3 Å². The summed E-state index contributed by atoms with van der Waals surface area (Å²) in [4.78, 5) is 0. The molecule has 0 radical (unpaired) electrons. The first-order valence-electron chi connectivity index (χ1n) is 7.58. The van der Waals surface area contributed by atoms with Crippen LogP contribution in [0.2, 0.25) is 5.02 Å². The Morgan fingerprint density at radius 2 is 2.07 bits per heavy atom. The van der Waals surface area contributed by atoms with E-state index in [4.69, 9.17) is 28.6 Å². The molecule has 2 aromatic carbocycles. The summed E-state index contributed by atoms with van der Waals surface area (Å²) < 4.78 is 36.0. The second kappa shape index (κ2) is 8.28. The molecule has 0 aliphatic rings. The number of alkyl halides is 2. The van der Waals surface area contributed by atoms with Crippen molar-refractivity contribution in [3.63, 3.8) is 0 Å². The standard InChI is InChI=1S/C17H13ClF2N4O2S/c1-25-14-7-10(5-6-13(14)26-16(19)20)9-21-24-15(22-23-17(24)27)11-3-2-4-12(18)8-11/h2-9,16H,1H3,(H,23,27)/b21-9-. The maximum Gasteiger partial charge on any atom is 0.387 e. The zero-order valence-electron chi connectivity index (χ0n) is 13.9. The molecule has 0 amide bonds. The quantitative estimate of drug-likeness (QED) is 0.470. The molecule has 140 valence electrons. The van der Waals surface area contributed by atoms with Crippen molar-refractivity contribution in [3.05, 3.63) is 57.8 Å². The number of nitrogens with zero attached hydrogens (tertiary/aromatic N) is 3. The second-order valence-corrected chi connectivity index (χ2v) is 6.03. The molecule has 3 rings (SSSR count). The van der Waals surface area contributed by atoms with Gasteiger partial charge in [0.05, 0.1) is 13.3 Å². The molecular formula is C17H13ClF2N4O2S. The van der Waals surface area contributed by atoms with Gasteiger partial charge in [-0.15, -0.1) is 0 Å². The third kappa shape index (κ3) is 4.50. The molecule has 0 bridgehead atoms. The van der Waals surface area contributed by atoms with Crippen molar-refractivity contribution in [3.8, 4) is 22.9 Å². The zero-order valence-corrected chi connectivity index (χ0v) is 15.5. The van der Waals surface area contributed by atoms with Crippen LogP contribution in [-0.2, 0) is 0 Å². The molecular weight excluding hydrogens is 398 g/mol. The Morgan fingerprint density at radius 1 is 1.26 bits per heavy atom. The molecule has 1 heterocycles. The topological polar surface area (TPSA) is 64.4 Å². The number of hydrogen-bond acceptors (Lipinski definition) is 5. The van der Waals surface area contributed by atoms with Crippen molar-refractivity contribution >= 4 is 30.0 Å². The summed E-state index contributed by atoms with van der Waals surface area (Å²) in [5.74, 6) is 0.567. The molecule has 0 aliphatic heterocycles. The molecule has 3 aromatic rings. The van der Waals surface area contributed by atoms with E-state index < -0.39 is 6.61 Å². The first-order valence-corrected chi connectivity index (χ1v) is 8.37. The number of ether oxygens (including phenoxy) is 2. The van der Waals surface area contributed by atoms with Crippen LogP contribution >= 0.6 is 23.8 Å². The van der Waals surface area contributed by atoms with Gasteiger partial charge in [0.15, 0.2) is 17.3 Å². The fraction of sp³-hybridized carbons (Fsp3) is 0.118. The van der Waals surface area contributed by atoms with Gasteiger partial charge in [-0.1, -0.05) is 23.7 Å². The van der Waals surface area contributed by atoms with Gasteiger partial charge in [0.2, 0.25) is 4.77 Å². The number of halogens is 3. The second-order valence-electron chi connectivity index (χ2n) is 5.21. The van der Waals surface area contributed by atoms with Crippen LogP contribution in [0.1, 0.15) is 5.56 Å². The normalized spacial score (nSPS) is 11.3. The van der Waals surface area contributed by atoms with E-state index in [1.54, 1.807) is 24.3 Å². The fourth-order valence-electron chi connectivity index (χ4n) is 2.30. The fourth-order valence-corrected chi connectivity index (χ4v) is 2.66. The highest BCUT2D eigenvalue weighted by atomic mass is 35.5. The van der Waals surface area contributed by atoms with E-state index >= 15 is 0 Å². The van der Waals surface area contributed by atoms with Gasteiger partial charge in [-0.2, -0.15) is 23.7 Å². The van der Waals surface area contributed by atoms with Crippen LogP contribution in [-0.4, -0.2) is 34.8 Å². The highest BCUT2D eigenvalue weighted by Crippen LogP contribution is 2.29. The number of rotatable bonds is 6. The van der Waals surface area contributed by atoms with Crippen LogP contribution in [0.5, 0.6) is 11.5 Å². The van der Waals surface area contributed by atoms with Crippen molar-refractivity contribution in [2.75, 3.05) is 7.11 Å². The Morgan fingerprint density at radius 3 is 2.78 bits per heavy atom. The summed E-state index contributed by atoms with van der Waals surface area (Å²) in [6.07, 6.45) is 1.49. The van der Waals surface area contributed by atoms with Gasteiger partial charge in [0, 0.05) is 10.6 Å². The lowest BCUT2D eigenvalue weighted by molar-refractivity contribution is -0.0512. The highest BCUT2D eigenvalue weighted by molar-refractivity contribution is 7.71. The van der Waals surface area contributed by atoms with Gasteiger partial charge in [-0.3, -0.25) is 0 Å². The first kappa shape index (κ1) is 19.0. The predicted octanol–water partition coefficient (Wildman–Crippen LogP) is 4.75. The third-order valence-corrected chi connectivity index (χ3v) is 3.96. The van der Waals surface area contributed by atoms with E-state index in [2.05, 4.69) is 20.0 Å². The van der Waals surface area contributed by atoms with Gasteiger partial charge in [0.1, 0.15) is 0 Å². The molecule has 10 heteroatoms. The smallest absolute Gasteiger partial charge is 0.387 e. The number of methoxy groups -OCH3 is 1. The Hall–Kier alpha value is -2.78. The highest BCUT2D eigenvalue weighted by Gasteiger charge is 2.11. The number of aromatic nitrogens is 3. The molecule has 6 nitrogen and oxygen atoms in total. The van der Waals surface area contributed by atoms with Crippen molar-refractivity contribution in [1.82, 2.24) is 14.9 Å². The summed E-state index contributed by atoms with van der Waals surface area (Å²) in [5, 5.41) is 11.7. The molecule has 27 heavy (non-hydrogen) atoms. The minimum Gasteiger partial charge on any atom is -0.493 e. The maximum absolute atomic E-state index is 12.4. The monoisotopic (exact) mass is 410 g/mol. The summed E-state index contributed by atoms with van der Waals surface area (Å²) >= 11 is 11.2. The average molecular weight is 411 g/mol. The van der Waals surface area contributed by atoms with Crippen molar-refractivity contribution in [1.29, 1.82) is 0 Å². The first-order chi connectivity index (χ1) is 13.0. The average Bonchev–Trinajstić information content (AvgIpc) is 3.01. The Kier molecular flexibility index (Phi) is 5.82. The van der Waals surface area contributed by atoms with E-state index in [0.717, 1.165) is 5.56 Å². The van der Waals surface area contributed by atoms with Gasteiger partial charge in [-0.05, 0) is 48.1 Å². The summed E-state index contributed by atoms with van der Waals surface area (Å²) in [6.45, 7) is -2.94. The molecule has 0 atom stereocenters. The maximum atomic E-state index is 12.4. The Balaban J connectivity index is 1.93. The molecule has 1 N–H and O–H groups in total. The third-order valence-electron chi connectivity index (χ3n) is 3.46. The molecule has 0 fully saturated rings. The number of H-pyrrole nitrogens is 1. The Bertz CT molecular complexity index is 1040. The van der Waals surface area contributed by atoms with E-state index in [0.29, 0.717) is 16.4 Å². The van der Waals surface area contributed by atoms with Gasteiger partial charge in [0.25, 0.3) is 0 Å². The van der Waals surface area contributed by atoms with Crippen LogP contribution in [0.3, 0.4) is 0 Å². The lowest BCUT2D eigenvalue weighted by atomic mass is 10.2. The predicted molar refractivity (Wildman–Crippen MR) is 100 cm³/mol. The lowest BCUT2D eigenvalue weighted by Gasteiger charge is -2.10. The summed E-state index contributed by atoms with van der Waals surface area (Å²) in [7, 11) is 1.36. The van der Waals surface area contributed by atoms with Gasteiger partial charge < -0.3 is 9.47 Å². The van der Waals surface area contributed by atoms with Crippen LogP contribution in [0.25, 0.3) is 11.4 Å². The van der Waals surface area contributed by atoms with Crippen molar-refractivity contribution < 1.29 is 18.3 Å². The zero-order chi connectivity index (χ0) is 19.4. The molecule has 0 unspecified atom stereocenters. The van der Waals surface area contributed by atoms with Crippen molar-refractivity contribution in [2.24, 2.45) is 5.10 Å². The van der Waals surface area contributed by atoms with Crippen molar-refractivity contribution in [2.45, 2.75) is 6.61 Å². The van der Waals surface area contributed by atoms with Gasteiger partial charge >= 0.3 is 6.61 Å². The van der Waals surface area contributed by atoms with Crippen LogP contribution < -0.4 is 9.47 Å². The summed E-state index contributed by atoms with van der Waals surface area (Å²) in [5.41, 5.74) is 1.32. The van der Waals surface area contributed by atoms with Crippen LogP contribution in [0.4, 0.5) is 8.78 Å². The largest absolute Gasteiger partial charge is 0.493 e. The van der Waals surface area contributed by atoms with E-state index in [1.165, 1.54) is 30.1 Å². The van der Waals surface area contributed by atoms with E-state index in [9.17, 15) is 8.78 Å². The minimum atomic E-state index is -2.94. The minimum absolute atomic E-state index is 0.0656. The van der Waals surface area contributed by atoms with E-state index in [1.807, 2.05) is 6.07 Å². The molecule has 0 saturated heterocycles. The van der Waals surface area contributed by atoms with Crippen LogP contribution in [0, 0.1) is 4.77 Å². The number of hydrogen-bond donors (Lipinski definition) is 1. The number of benzene rings is 2. The van der Waals surface area contributed by atoms with Crippen LogP contribution in [0.15, 0.2) is 47.6 Å². The molecule has 0 saturated carbocycles.